The minimum Gasteiger partial charge on any atom is -0.378 e. The monoisotopic (exact) mass is 530 g/mol. The van der Waals surface area contributed by atoms with Crippen LogP contribution in [0.25, 0.3) is 21.6 Å². The number of morpholine rings is 1. The first kappa shape index (κ1) is 24.7. The first-order valence-corrected chi connectivity index (χ1v) is 13.7. The summed E-state index contributed by atoms with van der Waals surface area (Å²) in [5, 5.41) is 7.76. The minimum absolute atomic E-state index is 0.0470. The van der Waals surface area contributed by atoms with Crippen molar-refractivity contribution in [2.24, 2.45) is 0 Å². The number of amides is 1. The third kappa shape index (κ3) is 4.80. The van der Waals surface area contributed by atoms with Crippen molar-refractivity contribution in [3.63, 3.8) is 0 Å². The molecule has 2 N–H and O–H groups in total. The van der Waals surface area contributed by atoms with Gasteiger partial charge in [0.1, 0.15) is 16.5 Å². The summed E-state index contributed by atoms with van der Waals surface area (Å²) in [4.78, 5) is 38.4. The molecule has 2 saturated heterocycles. The predicted octanol–water partition coefficient (Wildman–Crippen LogP) is 3.39. The summed E-state index contributed by atoms with van der Waals surface area (Å²) in [6, 6.07) is 5.87. The topological polar surface area (TPSA) is 108 Å². The molecule has 38 heavy (non-hydrogen) atoms. The number of nitrogens with one attached hydrogen (secondary N) is 2. The molecule has 10 nitrogen and oxygen atoms in total. The van der Waals surface area contributed by atoms with Gasteiger partial charge in [-0.05, 0) is 37.6 Å². The van der Waals surface area contributed by atoms with Gasteiger partial charge in [0.15, 0.2) is 5.82 Å². The van der Waals surface area contributed by atoms with Gasteiger partial charge in [-0.3, -0.25) is 9.78 Å². The van der Waals surface area contributed by atoms with Crippen LogP contribution in [0.1, 0.15) is 20.8 Å². The van der Waals surface area contributed by atoms with Crippen molar-refractivity contribution in [1.29, 1.82) is 0 Å². The van der Waals surface area contributed by atoms with E-state index in [1.807, 2.05) is 29.3 Å². The lowest BCUT2D eigenvalue weighted by Gasteiger charge is -2.28. The van der Waals surface area contributed by atoms with Crippen molar-refractivity contribution in [2.45, 2.75) is 13.8 Å². The van der Waals surface area contributed by atoms with E-state index < -0.39 is 0 Å². The fourth-order valence-electron chi connectivity index (χ4n) is 4.83. The summed E-state index contributed by atoms with van der Waals surface area (Å²) in [6.45, 7) is 10.2. The van der Waals surface area contributed by atoms with Gasteiger partial charge < -0.3 is 25.2 Å². The quantitative estimate of drug-likeness (QED) is 0.401. The molecule has 2 aliphatic heterocycles. The third-order valence-electron chi connectivity index (χ3n) is 7.07. The Bertz CT molecular complexity index is 1460. The Morgan fingerprint density at radius 1 is 1.05 bits per heavy atom. The Kier molecular flexibility index (Phi) is 6.88. The minimum atomic E-state index is -0.0470. The third-order valence-corrected chi connectivity index (χ3v) is 8.17. The highest BCUT2D eigenvalue weighted by Crippen LogP contribution is 2.37. The number of ether oxygens (including phenoxy) is 1. The first-order chi connectivity index (χ1) is 18.6. The summed E-state index contributed by atoms with van der Waals surface area (Å²) in [7, 11) is 0. The molecular weight excluding hydrogens is 500 g/mol. The normalized spacial score (nSPS) is 16.2. The van der Waals surface area contributed by atoms with E-state index in [9.17, 15) is 4.79 Å². The molecule has 1 amide bonds. The lowest BCUT2D eigenvalue weighted by atomic mass is 10.1. The van der Waals surface area contributed by atoms with Crippen LogP contribution in [0.3, 0.4) is 0 Å². The van der Waals surface area contributed by atoms with Crippen molar-refractivity contribution in [3.05, 3.63) is 52.8 Å². The zero-order valence-corrected chi connectivity index (χ0v) is 22.3. The van der Waals surface area contributed by atoms with Gasteiger partial charge >= 0.3 is 0 Å². The Balaban J connectivity index is 1.37. The maximum absolute atomic E-state index is 13.4. The largest absolute Gasteiger partial charge is 0.378 e. The van der Waals surface area contributed by atoms with Gasteiger partial charge in [-0.15, -0.1) is 11.3 Å². The first-order valence-electron chi connectivity index (χ1n) is 12.9. The van der Waals surface area contributed by atoms with E-state index in [-0.39, 0.29) is 5.91 Å². The van der Waals surface area contributed by atoms with Crippen molar-refractivity contribution >= 4 is 44.8 Å². The number of hydrogen-bond donors (Lipinski definition) is 2. The second kappa shape index (κ2) is 10.6. The van der Waals surface area contributed by atoms with Crippen molar-refractivity contribution in [1.82, 2.24) is 30.2 Å². The van der Waals surface area contributed by atoms with Crippen molar-refractivity contribution in [3.8, 4) is 11.4 Å². The Hall–Kier alpha value is -3.67. The van der Waals surface area contributed by atoms with Crippen molar-refractivity contribution in [2.75, 3.05) is 62.7 Å². The maximum atomic E-state index is 13.4. The highest BCUT2D eigenvalue weighted by Gasteiger charge is 2.24. The smallest absolute Gasteiger partial charge is 0.256 e. The summed E-state index contributed by atoms with van der Waals surface area (Å²) >= 11 is 1.63. The van der Waals surface area contributed by atoms with E-state index in [4.69, 9.17) is 14.7 Å². The van der Waals surface area contributed by atoms with Gasteiger partial charge in [-0.25, -0.2) is 15.0 Å². The number of carbonyl (C=O) groups excluding carboxylic acids is 1. The number of carbonyl (C=O) groups is 1. The Morgan fingerprint density at radius 2 is 1.87 bits per heavy atom. The van der Waals surface area contributed by atoms with Crippen LogP contribution in [-0.4, -0.2) is 83.2 Å². The molecule has 0 bridgehead atoms. The molecule has 196 valence electrons. The predicted molar refractivity (Wildman–Crippen MR) is 149 cm³/mol. The van der Waals surface area contributed by atoms with Crippen LogP contribution in [0.2, 0.25) is 0 Å². The summed E-state index contributed by atoms with van der Waals surface area (Å²) in [5.74, 6) is 2.09. The van der Waals surface area contributed by atoms with E-state index in [1.54, 1.807) is 23.7 Å². The molecule has 6 rings (SSSR count). The van der Waals surface area contributed by atoms with E-state index in [0.717, 1.165) is 53.5 Å². The number of thiophene rings is 1. The molecule has 4 aromatic rings. The second-order valence-electron chi connectivity index (χ2n) is 9.45. The number of nitrogens with zero attached hydrogens (tertiary/aromatic N) is 6. The van der Waals surface area contributed by atoms with Gasteiger partial charge in [-0.1, -0.05) is 0 Å². The lowest BCUT2D eigenvalue weighted by Crippen LogP contribution is -2.46. The molecule has 0 atom stereocenters. The number of piperazine rings is 1. The fraction of sp³-hybridized carbons (Fsp3) is 0.370. The van der Waals surface area contributed by atoms with Crippen LogP contribution in [-0.2, 0) is 4.74 Å². The number of aryl methyl sites for hydroxylation is 2. The van der Waals surface area contributed by atoms with E-state index in [1.165, 1.54) is 4.88 Å². The molecule has 6 heterocycles. The van der Waals surface area contributed by atoms with Crippen LogP contribution in [0.4, 0.5) is 17.3 Å². The SMILES string of the molecule is Cc1sc2nc(-c3ccncc3C(=O)N3CCNCC3)nc(Nc3ccc(N4CCOCC4)nc3)c2c1C. The fourth-order valence-corrected chi connectivity index (χ4v) is 5.86. The van der Waals surface area contributed by atoms with Gasteiger partial charge in [0.25, 0.3) is 5.91 Å². The zero-order valence-electron chi connectivity index (χ0n) is 21.5. The van der Waals surface area contributed by atoms with Crippen LogP contribution in [0, 0.1) is 13.8 Å². The molecule has 4 aromatic heterocycles. The highest BCUT2D eigenvalue weighted by atomic mass is 32.1. The maximum Gasteiger partial charge on any atom is 0.256 e. The van der Waals surface area contributed by atoms with E-state index in [2.05, 4.69) is 39.3 Å². The molecule has 11 heteroatoms. The highest BCUT2D eigenvalue weighted by molar-refractivity contribution is 7.18. The van der Waals surface area contributed by atoms with Gasteiger partial charge in [-0.2, -0.15) is 0 Å². The summed E-state index contributed by atoms with van der Waals surface area (Å²) in [6.07, 6.45) is 5.14. The molecule has 0 unspecified atom stereocenters. The molecule has 0 radical (unpaired) electrons. The van der Waals surface area contributed by atoms with E-state index in [0.29, 0.717) is 49.1 Å². The van der Waals surface area contributed by atoms with E-state index >= 15 is 0 Å². The molecule has 2 fully saturated rings. The van der Waals surface area contributed by atoms with Gasteiger partial charge in [0, 0.05) is 62.1 Å². The number of pyridine rings is 2. The standard InChI is InChI=1S/C27H30N8O2S/c1-17-18(2)38-26-23(17)25(31-19-3-4-22(30-15-19)34-11-13-37-14-12-34)32-24(33-26)20-5-6-29-16-21(20)27(36)35-9-7-28-8-10-35/h3-6,15-16,28H,7-14H2,1-2H3,(H,31,32,33). The second-order valence-corrected chi connectivity index (χ2v) is 10.7. The van der Waals surface area contributed by atoms with Gasteiger partial charge in [0.2, 0.25) is 0 Å². The summed E-state index contributed by atoms with van der Waals surface area (Å²) < 4.78 is 5.46. The van der Waals surface area contributed by atoms with Gasteiger partial charge in [0.05, 0.1) is 36.0 Å². The Labute approximate surface area is 225 Å². The number of hydrogen-bond acceptors (Lipinski definition) is 10. The number of rotatable bonds is 5. The zero-order chi connectivity index (χ0) is 26.1. The molecule has 0 saturated carbocycles. The lowest BCUT2D eigenvalue weighted by molar-refractivity contribution is 0.0736. The number of anilines is 3. The molecule has 2 aliphatic rings. The van der Waals surface area contributed by atoms with Crippen LogP contribution in [0.5, 0.6) is 0 Å². The molecular formula is C27H30N8O2S. The van der Waals surface area contributed by atoms with Crippen LogP contribution < -0.4 is 15.5 Å². The molecule has 0 aliphatic carbocycles. The number of fused-ring (bicyclic) bond motifs is 1. The van der Waals surface area contributed by atoms with Crippen LogP contribution in [0.15, 0.2) is 36.8 Å². The number of aromatic nitrogens is 4. The molecule has 0 aromatic carbocycles. The average Bonchev–Trinajstić information content (AvgIpc) is 3.27. The van der Waals surface area contributed by atoms with Crippen molar-refractivity contribution < 1.29 is 9.53 Å². The Morgan fingerprint density at radius 3 is 2.63 bits per heavy atom. The average molecular weight is 531 g/mol. The molecule has 0 spiro atoms. The summed E-state index contributed by atoms with van der Waals surface area (Å²) in [5.41, 5.74) is 3.17. The van der Waals surface area contributed by atoms with Crippen LogP contribution >= 0.6 is 11.3 Å².